The quantitative estimate of drug-likeness (QED) is 0.642. The molecule has 26 heavy (non-hydrogen) atoms. The third-order valence-corrected chi connectivity index (χ3v) is 7.69. The predicted molar refractivity (Wildman–Crippen MR) is 96.8 cm³/mol. The van der Waals surface area contributed by atoms with Crippen LogP contribution in [0.5, 0.6) is 0 Å². The van der Waals surface area contributed by atoms with Crippen molar-refractivity contribution in [3.8, 4) is 0 Å². The average Bonchev–Trinajstić information content (AvgIpc) is 2.65. The summed E-state index contributed by atoms with van der Waals surface area (Å²) in [4.78, 5) is -0.396. The zero-order valence-electron chi connectivity index (χ0n) is 13.1. The van der Waals surface area contributed by atoms with Crippen LogP contribution in [0.25, 0.3) is 0 Å². The summed E-state index contributed by atoms with van der Waals surface area (Å²) in [5.41, 5.74) is 0. The van der Waals surface area contributed by atoms with Gasteiger partial charge >= 0.3 is 0 Å². The van der Waals surface area contributed by atoms with Gasteiger partial charge in [0.15, 0.2) is 11.0 Å². The van der Waals surface area contributed by atoms with E-state index in [4.69, 9.17) is 11.6 Å². The zero-order chi connectivity index (χ0) is 18.8. The van der Waals surface area contributed by atoms with Crippen LogP contribution in [0.15, 0.2) is 82.6 Å². The van der Waals surface area contributed by atoms with Crippen molar-refractivity contribution < 1.29 is 16.8 Å². The molecule has 134 valence electrons. The third-order valence-electron chi connectivity index (χ3n) is 3.32. The van der Waals surface area contributed by atoms with Gasteiger partial charge in [-0.15, -0.1) is 13.9 Å². The minimum atomic E-state index is -4.47. The normalized spacial score (nSPS) is 11.9. The van der Waals surface area contributed by atoms with E-state index < -0.39 is 20.0 Å². The summed E-state index contributed by atoms with van der Waals surface area (Å²) in [6.45, 7) is 0. The van der Waals surface area contributed by atoms with E-state index >= 15 is 0 Å². The smallest absolute Gasteiger partial charge is 0.200 e. The molecule has 0 aliphatic rings. The van der Waals surface area contributed by atoms with Crippen LogP contribution in [0.1, 0.15) is 0 Å². The van der Waals surface area contributed by atoms with Crippen LogP contribution in [0.4, 0.5) is 5.82 Å². The number of hydrogen-bond acceptors (Lipinski definition) is 6. The van der Waals surface area contributed by atoms with Gasteiger partial charge in [0.2, 0.25) is 0 Å². The molecule has 0 spiro atoms. The molecule has 3 aromatic rings. The lowest BCUT2D eigenvalue weighted by molar-refractivity contribution is 0.583. The second kappa shape index (κ2) is 7.02. The Morgan fingerprint density at radius 3 is 1.50 bits per heavy atom. The summed E-state index contributed by atoms with van der Waals surface area (Å²) < 4.78 is 52.6. The van der Waals surface area contributed by atoms with E-state index in [0.29, 0.717) is 0 Å². The molecule has 0 amide bonds. The van der Waals surface area contributed by atoms with Crippen LogP contribution in [0.2, 0.25) is 5.15 Å². The molecular weight excluding hydrogens is 398 g/mol. The number of nitrogens with zero attached hydrogens (tertiary/aromatic N) is 3. The molecule has 0 saturated heterocycles. The van der Waals surface area contributed by atoms with Crippen LogP contribution < -0.4 is 3.71 Å². The van der Waals surface area contributed by atoms with Crippen molar-refractivity contribution in [1.29, 1.82) is 0 Å². The van der Waals surface area contributed by atoms with Crippen LogP contribution in [-0.2, 0) is 20.0 Å². The molecule has 0 N–H and O–H groups in total. The fourth-order valence-corrected chi connectivity index (χ4v) is 5.88. The van der Waals surface area contributed by atoms with Crippen molar-refractivity contribution in [2.45, 2.75) is 9.79 Å². The Morgan fingerprint density at radius 1 is 0.654 bits per heavy atom. The van der Waals surface area contributed by atoms with Gasteiger partial charge in [0, 0.05) is 0 Å². The van der Waals surface area contributed by atoms with Crippen molar-refractivity contribution >= 4 is 37.5 Å². The van der Waals surface area contributed by atoms with Crippen LogP contribution in [0, 0.1) is 0 Å². The molecule has 1 aromatic heterocycles. The number of sulfonamides is 2. The van der Waals surface area contributed by atoms with Gasteiger partial charge in [-0.1, -0.05) is 48.0 Å². The lowest BCUT2D eigenvalue weighted by atomic mass is 10.4. The van der Waals surface area contributed by atoms with E-state index in [9.17, 15) is 16.8 Å². The molecule has 0 bridgehead atoms. The molecule has 0 fully saturated rings. The lowest BCUT2D eigenvalue weighted by Crippen LogP contribution is -2.37. The molecule has 0 radical (unpaired) electrons. The van der Waals surface area contributed by atoms with Crippen molar-refractivity contribution in [3.63, 3.8) is 0 Å². The van der Waals surface area contributed by atoms with Gasteiger partial charge in [0.05, 0.1) is 9.79 Å². The highest BCUT2D eigenvalue weighted by Gasteiger charge is 2.38. The first-order chi connectivity index (χ1) is 12.3. The largest absolute Gasteiger partial charge is 0.279 e. The fraction of sp³-hybridized carbons (Fsp3) is 0. The Hall–Kier alpha value is -2.49. The molecule has 1 heterocycles. The van der Waals surface area contributed by atoms with Crippen LogP contribution >= 0.6 is 11.6 Å². The Morgan fingerprint density at radius 2 is 1.12 bits per heavy atom. The zero-order valence-corrected chi connectivity index (χ0v) is 15.5. The first kappa shape index (κ1) is 18.3. The number of benzene rings is 2. The molecule has 0 saturated carbocycles. The SMILES string of the molecule is O=S(=O)(c1ccccc1)N(c1ccc(Cl)nn1)S(=O)(=O)c1ccccc1. The fourth-order valence-electron chi connectivity index (χ4n) is 2.16. The van der Waals surface area contributed by atoms with E-state index in [2.05, 4.69) is 10.2 Å². The van der Waals surface area contributed by atoms with Gasteiger partial charge in [0.25, 0.3) is 20.0 Å². The molecule has 2 aromatic carbocycles. The van der Waals surface area contributed by atoms with Gasteiger partial charge in [0.1, 0.15) is 0 Å². The minimum Gasteiger partial charge on any atom is -0.200 e. The van der Waals surface area contributed by atoms with Crippen molar-refractivity contribution in [3.05, 3.63) is 77.9 Å². The molecule has 0 aliphatic heterocycles. The highest BCUT2D eigenvalue weighted by atomic mass is 35.5. The first-order valence-electron chi connectivity index (χ1n) is 7.23. The summed E-state index contributed by atoms with van der Waals surface area (Å²) in [5, 5.41) is 7.21. The number of rotatable bonds is 5. The van der Waals surface area contributed by atoms with Gasteiger partial charge in [-0.3, -0.25) is 0 Å². The van der Waals surface area contributed by atoms with Gasteiger partial charge in [-0.05, 0) is 36.4 Å². The summed E-state index contributed by atoms with van der Waals surface area (Å²) in [5.74, 6) is -0.387. The van der Waals surface area contributed by atoms with E-state index in [-0.39, 0.29) is 24.5 Å². The van der Waals surface area contributed by atoms with Crippen LogP contribution in [0.3, 0.4) is 0 Å². The molecule has 7 nitrogen and oxygen atoms in total. The summed E-state index contributed by atoms with van der Waals surface area (Å²) in [6.07, 6.45) is 0. The topological polar surface area (TPSA) is 97.3 Å². The monoisotopic (exact) mass is 409 g/mol. The molecule has 0 atom stereocenters. The predicted octanol–water partition coefficient (Wildman–Crippen LogP) is 2.71. The molecule has 10 heteroatoms. The van der Waals surface area contributed by atoms with Gasteiger partial charge < -0.3 is 0 Å². The molecular formula is C16H12ClN3O4S2. The maximum Gasteiger partial charge on any atom is 0.279 e. The van der Waals surface area contributed by atoms with E-state index in [0.717, 1.165) is 0 Å². The van der Waals surface area contributed by atoms with E-state index in [1.807, 2.05) is 0 Å². The highest BCUT2D eigenvalue weighted by molar-refractivity contribution is 8.10. The average molecular weight is 410 g/mol. The Bertz CT molecular complexity index is 1040. The highest BCUT2D eigenvalue weighted by Crippen LogP contribution is 2.29. The molecule has 0 unspecified atom stereocenters. The number of anilines is 1. The standard InChI is InChI=1S/C16H12ClN3O4S2/c17-15-11-12-16(19-18-15)20(25(21,22)13-7-3-1-4-8-13)26(23,24)14-9-5-2-6-10-14/h1-12H. The number of hydrogen-bond donors (Lipinski definition) is 0. The second-order valence-electron chi connectivity index (χ2n) is 5.05. The summed E-state index contributed by atoms with van der Waals surface area (Å²) in [6, 6.07) is 16.8. The Kier molecular flexibility index (Phi) is 4.94. The van der Waals surface area contributed by atoms with E-state index in [1.54, 1.807) is 12.1 Å². The summed E-state index contributed by atoms with van der Waals surface area (Å²) >= 11 is 5.69. The molecule has 3 rings (SSSR count). The van der Waals surface area contributed by atoms with Crippen molar-refractivity contribution in [2.24, 2.45) is 0 Å². The summed E-state index contributed by atoms with van der Waals surface area (Å²) in [7, 11) is -8.95. The van der Waals surface area contributed by atoms with Gasteiger partial charge in [-0.2, -0.15) is 16.8 Å². The van der Waals surface area contributed by atoms with Crippen LogP contribution in [-0.4, -0.2) is 27.0 Å². The van der Waals surface area contributed by atoms with Crippen molar-refractivity contribution in [2.75, 3.05) is 3.71 Å². The maximum absolute atomic E-state index is 13.1. The Labute approximate surface area is 156 Å². The number of halogens is 1. The third kappa shape index (κ3) is 3.41. The lowest BCUT2D eigenvalue weighted by Gasteiger charge is -2.22. The number of aromatic nitrogens is 2. The van der Waals surface area contributed by atoms with E-state index in [1.165, 1.54) is 60.7 Å². The first-order valence-corrected chi connectivity index (χ1v) is 10.5. The second-order valence-corrected chi connectivity index (χ2v) is 9.24. The molecule has 0 aliphatic carbocycles. The van der Waals surface area contributed by atoms with Crippen molar-refractivity contribution in [1.82, 2.24) is 10.2 Å². The maximum atomic E-state index is 13.1. The Balaban J connectivity index is 2.26. The minimum absolute atomic E-state index is 0.00270. The van der Waals surface area contributed by atoms with Gasteiger partial charge in [-0.25, -0.2) is 0 Å².